The van der Waals surface area contributed by atoms with Crippen molar-refractivity contribution in [3.8, 4) is 0 Å². The fourth-order valence-corrected chi connectivity index (χ4v) is 3.16. The predicted molar refractivity (Wildman–Crippen MR) is 80.8 cm³/mol. The molecule has 1 N–H and O–H groups in total. The van der Waals surface area contributed by atoms with Crippen LogP contribution in [0.3, 0.4) is 0 Å². The number of aromatic nitrogens is 2. The third kappa shape index (κ3) is 2.42. The molecule has 1 amide bonds. The van der Waals surface area contributed by atoms with Gasteiger partial charge in [-0.05, 0) is 37.5 Å². The zero-order valence-corrected chi connectivity index (χ0v) is 12.2. The van der Waals surface area contributed by atoms with Crippen molar-refractivity contribution in [1.29, 1.82) is 0 Å². The summed E-state index contributed by atoms with van der Waals surface area (Å²) in [7, 11) is 0. The second kappa shape index (κ2) is 4.66. The van der Waals surface area contributed by atoms with Gasteiger partial charge in [-0.1, -0.05) is 22.6 Å². The van der Waals surface area contributed by atoms with Crippen molar-refractivity contribution in [2.45, 2.75) is 25.7 Å². The second-order valence-corrected chi connectivity index (χ2v) is 6.36. The molecule has 6 heteroatoms. The molecule has 5 nitrogen and oxygen atoms in total. The Balaban J connectivity index is 1.56. The van der Waals surface area contributed by atoms with Crippen LogP contribution < -0.4 is 5.32 Å². The summed E-state index contributed by atoms with van der Waals surface area (Å²) in [5, 5.41) is 7.20. The van der Waals surface area contributed by atoms with E-state index in [1.165, 1.54) is 16.9 Å². The zero-order valence-electron chi connectivity index (χ0n) is 11.4. The van der Waals surface area contributed by atoms with Gasteiger partial charge in [-0.25, -0.2) is 4.98 Å². The van der Waals surface area contributed by atoms with E-state index in [2.05, 4.69) is 21.5 Å². The van der Waals surface area contributed by atoms with E-state index < -0.39 is 0 Å². The van der Waals surface area contributed by atoms with Crippen molar-refractivity contribution in [2.24, 2.45) is 0 Å². The normalized spacial score (nSPS) is 14.5. The number of carbonyl (C=O) groups excluding carboxylic acids is 1. The standard InChI is InChI=1S/C15H13N3O2S/c1-8-2-5-10-13(6-8)21-15(16-10)17-14(19)11-7-12(20-18-11)9-3-4-9/h2,5-7,9H,3-4H2,1H3,(H,16,17,19). The molecule has 1 saturated carbocycles. The van der Waals surface area contributed by atoms with E-state index in [9.17, 15) is 4.79 Å². The Morgan fingerprint density at radius 1 is 1.38 bits per heavy atom. The highest BCUT2D eigenvalue weighted by molar-refractivity contribution is 7.22. The topological polar surface area (TPSA) is 68.0 Å². The Morgan fingerprint density at radius 3 is 3.05 bits per heavy atom. The summed E-state index contributed by atoms with van der Waals surface area (Å²) in [5.41, 5.74) is 2.38. The molecule has 3 aromatic rings. The first-order valence-electron chi connectivity index (χ1n) is 6.84. The quantitative estimate of drug-likeness (QED) is 0.800. The number of amides is 1. The zero-order chi connectivity index (χ0) is 14.4. The summed E-state index contributed by atoms with van der Waals surface area (Å²) in [6.45, 7) is 2.03. The van der Waals surface area contributed by atoms with Crippen LogP contribution in [0.15, 0.2) is 28.8 Å². The van der Waals surface area contributed by atoms with Crippen LogP contribution >= 0.6 is 11.3 Å². The molecule has 0 atom stereocenters. The van der Waals surface area contributed by atoms with E-state index in [0.717, 1.165) is 28.8 Å². The first-order chi connectivity index (χ1) is 10.2. The number of nitrogens with one attached hydrogen (secondary N) is 1. The van der Waals surface area contributed by atoms with Crippen LogP contribution in [0.25, 0.3) is 10.2 Å². The molecule has 0 radical (unpaired) electrons. The minimum atomic E-state index is -0.276. The van der Waals surface area contributed by atoms with Crippen molar-refractivity contribution >= 4 is 32.6 Å². The number of thiazole rings is 1. The molecule has 1 aliphatic rings. The Bertz CT molecular complexity index is 832. The van der Waals surface area contributed by atoms with Crippen LogP contribution in [-0.4, -0.2) is 16.0 Å². The first-order valence-corrected chi connectivity index (χ1v) is 7.66. The lowest BCUT2D eigenvalue weighted by atomic mass is 10.2. The highest BCUT2D eigenvalue weighted by Crippen LogP contribution is 2.40. The maximum atomic E-state index is 12.1. The average molecular weight is 299 g/mol. The highest BCUT2D eigenvalue weighted by Gasteiger charge is 2.29. The van der Waals surface area contributed by atoms with Gasteiger partial charge >= 0.3 is 0 Å². The average Bonchev–Trinajstić information content (AvgIpc) is 3.05. The minimum absolute atomic E-state index is 0.276. The Labute approximate surface area is 125 Å². The van der Waals surface area contributed by atoms with Crippen LogP contribution in [0.4, 0.5) is 5.13 Å². The number of fused-ring (bicyclic) bond motifs is 1. The van der Waals surface area contributed by atoms with Crippen LogP contribution in [0.5, 0.6) is 0 Å². The maximum absolute atomic E-state index is 12.1. The van der Waals surface area contributed by atoms with Crippen molar-refractivity contribution in [2.75, 3.05) is 5.32 Å². The summed E-state index contributed by atoms with van der Waals surface area (Å²) < 4.78 is 6.25. The van der Waals surface area contributed by atoms with Gasteiger partial charge in [0, 0.05) is 12.0 Å². The molecular formula is C15H13N3O2S. The maximum Gasteiger partial charge on any atom is 0.279 e. The lowest BCUT2D eigenvalue weighted by Gasteiger charge is -1.95. The van der Waals surface area contributed by atoms with Crippen molar-refractivity contribution in [3.05, 3.63) is 41.3 Å². The van der Waals surface area contributed by atoms with Crippen molar-refractivity contribution in [1.82, 2.24) is 10.1 Å². The molecule has 106 valence electrons. The molecule has 0 aliphatic heterocycles. The van der Waals surface area contributed by atoms with E-state index in [0.29, 0.717) is 16.7 Å². The van der Waals surface area contributed by atoms with Crippen molar-refractivity contribution < 1.29 is 9.32 Å². The van der Waals surface area contributed by atoms with Crippen LogP contribution in [0, 0.1) is 6.92 Å². The van der Waals surface area contributed by atoms with Crippen molar-refractivity contribution in [3.63, 3.8) is 0 Å². The smallest absolute Gasteiger partial charge is 0.279 e. The molecule has 4 rings (SSSR count). The fourth-order valence-electron chi connectivity index (χ4n) is 2.20. The largest absolute Gasteiger partial charge is 0.360 e. The van der Waals surface area contributed by atoms with E-state index in [-0.39, 0.29) is 5.91 Å². The number of anilines is 1. The summed E-state index contributed by atoms with van der Waals surface area (Å²) in [4.78, 5) is 16.5. The van der Waals surface area contributed by atoms with Gasteiger partial charge in [0.1, 0.15) is 5.76 Å². The summed E-state index contributed by atoms with van der Waals surface area (Å²) in [6, 6.07) is 7.75. The SMILES string of the molecule is Cc1ccc2nc(NC(=O)c3cc(C4CC4)on3)sc2c1. The predicted octanol–water partition coefficient (Wildman–Crippen LogP) is 3.72. The van der Waals surface area contributed by atoms with Gasteiger partial charge in [0.05, 0.1) is 10.2 Å². The Morgan fingerprint density at radius 2 is 2.24 bits per heavy atom. The Hall–Kier alpha value is -2.21. The molecule has 21 heavy (non-hydrogen) atoms. The van der Waals surface area contributed by atoms with E-state index >= 15 is 0 Å². The third-order valence-electron chi connectivity index (χ3n) is 3.51. The van der Waals surface area contributed by atoms with Gasteiger partial charge in [-0.2, -0.15) is 0 Å². The minimum Gasteiger partial charge on any atom is -0.360 e. The Kier molecular flexibility index (Phi) is 2.78. The molecule has 1 fully saturated rings. The first kappa shape index (κ1) is 12.5. The number of aryl methyl sites for hydroxylation is 1. The van der Waals surface area contributed by atoms with Gasteiger partial charge in [-0.15, -0.1) is 0 Å². The molecule has 1 aliphatic carbocycles. The molecule has 0 unspecified atom stereocenters. The number of benzene rings is 1. The van der Waals surface area contributed by atoms with E-state index in [1.807, 2.05) is 19.1 Å². The lowest BCUT2D eigenvalue weighted by molar-refractivity contribution is 0.101. The van der Waals surface area contributed by atoms with E-state index in [4.69, 9.17) is 4.52 Å². The third-order valence-corrected chi connectivity index (χ3v) is 4.44. The lowest BCUT2D eigenvalue weighted by Crippen LogP contribution is -2.11. The highest BCUT2D eigenvalue weighted by atomic mass is 32.1. The molecule has 0 spiro atoms. The molecular weight excluding hydrogens is 286 g/mol. The van der Waals surface area contributed by atoms with Gasteiger partial charge in [0.15, 0.2) is 10.8 Å². The van der Waals surface area contributed by atoms with Crippen LogP contribution in [0.2, 0.25) is 0 Å². The summed E-state index contributed by atoms with van der Waals surface area (Å²) >= 11 is 1.46. The monoisotopic (exact) mass is 299 g/mol. The number of hydrogen-bond donors (Lipinski definition) is 1. The number of nitrogens with zero attached hydrogens (tertiary/aromatic N) is 2. The number of hydrogen-bond acceptors (Lipinski definition) is 5. The van der Waals surface area contributed by atoms with Gasteiger partial charge in [0.2, 0.25) is 0 Å². The summed E-state index contributed by atoms with van der Waals surface area (Å²) in [5.74, 6) is 0.978. The van der Waals surface area contributed by atoms with Crippen LogP contribution in [0.1, 0.15) is 40.6 Å². The van der Waals surface area contributed by atoms with Gasteiger partial charge < -0.3 is 4.52 Å². The van der Waals surface area contributed by atoms with E-state index in [1.54, 1.807) is 6.07 Å². The van der Waals surface area contributed by atoms with Gasteiger partial charge in [0.25, 0.3) is 5.91 Å². The fraction of sp³-hybridized carbons (Fsp3) is 0.267. The van der Waals surface area contributed by atoms with Gasteiger partial charge in [-0.3, -0.25) is 10.1 Å². The number of carbonyl (C=O) groups is 1. The molecule has 2 heterocycles. The molecule has 0 saturated heterocycles. The molecule has 1 aromatic carbocycles. The molecule has 2 aromatic heterocycles. The number of rotatable bonds is 3. The molecule has 0 bridgehead atoms. The summed E-state index contributed by atoms with van der Waals surface area (Å²) in [6.07, 6.45) is 2.24. The second-order valence-electron chi connectivity index (χ2n) is 5.33. The van der Waals surface area contributed by atoms with Crippen LogP contribution in [-0.2, 0) is 0 Å².